The maximum Gasteiger partial charge on any atom is 0.401 e. The third-order valence-corrected chi connectivity index (χ3v) is 17.1. The Morgan fingerprint density at radius 3 is 1.17 bits per heavy atom. The number of rotatable bonds is 18. The first kappa shape index (κ1) is 105. The predicted octanol–water partition coefficient (Wildman–Crippen LogP) is 11.9. The third kappa shape index (κ3) is 32.4. The molecule has 568 valence electrons. The van der Waals surface area contributed by atoms with Gasteiger partial charge in [0, 0.05) is 11.5 Å². The SMILES string of the molecule is C.C.C.C.C.C.C.C.C.C.CC(=O)C[n+]1ccn(C(C)C)c1.CC(C)C(OS(=O)(=O)O)n1cc[n+](C)c1.CC(C)c1cc(S(=O)(=O)O)c(-n2cc[n+](C)c2)c(S(=O)(=O)O)c1.CC(C)c1ccc(-n2cc[n+](C)c2)c(S(=O)(=O)O)c1.CC(C)c1ccc(Cn2cc[n+](C)c2)c(S(=O)(=O)O)c1. The van der Waals surface area contributed by atoms with E-state index in [2.05, 4.69) is 22.6 Å². The summed E-state index contributed by atoms with van der Waals surface area (Å²) in [5.41, 5.74) is 2.79. The molecule has 0 amide bonds. The standard InChI is InChI=1S/C14H18N2O3S.C13H16N2O6S2.C13H16N2O3S.C9H15N2O.C8H14N2O4S.10CH4/c1-11(2)12-4-5-13(14(8-12)20(17,18)19)9-16-7-6-15(3)10-16;1-9(2)10-6-11(22(16,17)18)13(12(7-10)23(19,20)21)15-5-4-14(3)8-15;1-10(2)11-4-5-12(13(8-11)19(16,17)18)15-7-6-14(3)9-15;1-8(2)11-5-4-10(7-11)6-9(3)12;1-7(2)8(14-15(11,12)13)10-5-4-9(3)6-10;;;;;;;;;;/h4-8,10-11H,9H2,1-3H3;4-9H,1-3H3,(H-,16,17,18,19,20,21);4-10H,1-3H3;4-5,7-8H,6H2,1-3H3;4-8H,1-3H3;10*1H4/q;;;+1;;;;;;;;;;;/p+4. The van der Waals surface area contributed by atoms with Gasteiger partial charge in [-0.1, -0.05) is 148 Å². The van der Waals surface area contributed by atoms with Crippen LogP contribution in [-0.2, 0) is 101 Å². The lowest BCUT2D eigenvalue weighted by Gasteiger charge is -2.15. The monoisotopic (exact) mass is 1500 g/mol. The van der Waals surface area contributed by atoms with Gasteiger partial charge in [0.15, 0.2) is 17.2 Å². The average Bonchev–Trinajstić information content (AvgIpc) is 1.64. The Labute approximate surface area is 595 Å². The van der Waals surface area contributed by atoms with Crippen LogP contribution >= 0.6 is 0 Å². The molecule has 0 fully saturated rings. The van der Waals surface area contributed by atoms with Crippen LogP contribution in [0.4, 0.5) is 0 Å². The summed E-state index contributed by atoms with van der Waals surface area (Å²) in [4.78, 5) is 9.49. The third-order valence-electron chi connectivity index (χ3n) is 13.1. The Balaban J connectivity index is -0.000000211. The van der Waals surface area contributed by atoms with E-state index in [9.17, 15) is 65.1 Å². The number of imidazole rings is 5. The zero-order valence-corrected chi connectivity index (χ0v) is 56.4. The van der Waals surface area contributed by atoms with Crippen LogP contribution in [0.5, 0.6) is 0 Å². The summed E-state index contributed by atoms with van der Waals surface area (Å²) in [5, 5.41) is 0. The molecule has 1 unspecified atom stereocenters. The summed E-state index contributed by atoms with van der Waals surface area (Å²) in [5.74, 6) is 0.274. The van der Waals surface area contributed by atoms with E-state index < -0.39 is 66.9 Å². The number of benzene rings is 3. The maximum absolute atomic E-state index is 11.7. The van der Waals surface area contributed by atoms with E-state index >= 15 is 0 Å². The maximum atomic E-state index is 11.7. The Hall–Kier alpha value is -7.11. The average molecular weight is 1500 g/mol. The number of Topliss-reactive ketones (excluding diaryl/α,β-unsaturated/α-hetero) is 1. The van der Waals surface area contributed by atoms with Crippen LogP contribution in [0, 0.1) is 5.92 Å². The Morgan fingerprint density at radius 1 is 0.444 bits per heavy atom. The minimum Gasteiger partial charge on any atom is -0.296 e. The summed E-state index contributed by atoms with van der Waals surface area (Å²) >= 11 is 0. The van der Waals surface area contributed by atoms with E-state index in [1.165, 1.54) is 35.3 Å². The van der Waals surface area contributed by atoms with Gasteiger partial charge in [0.05, 0.1) is 34.2 Å². The highest BCUT2D eigenvalue weighted by Gasteiger charge is 2.32. The second-order valence-corrected chi connectivity index (χ2v) is 29.2. The molecular weight excluding hydrogens is 1380 g/mol. The Kier molecular flexibility index (Phi) is 46.3. The minimum atomic E-state index is -4.72. The van der Waals surface area contributed by atoms with Gasteiger partial charge >= 0.3 is 10.4 Å². The number of hydrogen-bond acceptors (Lipinski definition) is 12. The second kappa shape index (κ2) is 43.5. The van der Waals surface area contributed by atoms with Gasteiger partial charge in [0.1, 0.15) is 94.6 Å². The highest BCUT2D eigenvalue weighted by atomic mass is 32.3. The van der Waals surface area contributed by atoms with Gasteiger partial charge in [-0.25, -0.2) is 45.3 Å². The van der Waals surface area contributed by atoms with Gasteiger partial charge in [-0.05, 0) is 85.5 Å². The zero-order valence-electron chi connectivity index (χ0n) is 52.3. The van der Waals surface area contributed by atoms with Gasteiger partial charge < -0.3 is 0 Å². The molecule has 99 heavy (non-hydrogen) atoms. The van der Waals surface area contributed by atoms with Crippen molar-refractivity contribution in [2.24, 2.45) is 34.1 Å². The molecule has 5 N–H and O–H groups in total. The molecule has 32 heteroatoms. The van der Waals surface area contributed by atoms with E-state index in [1.807, 2.05) is 105 Å². The first-order valence-electron chi connectivity index (χ1n) is 27.5. The summed E-state index contributed by atoms with van der Waals surface area (Å²) in [6, 6.07) is 13.2. The van der Waals surface area contributed by atoms with Crippen LogP contribution in [0.2, 0.25) is 0 Å². The Morgan fingerprint density at radius 2 is 0.828 bits per heavy atom. The molecule has 1 atom stereocenters. The lowest BCUT2D eigenvalue weighted by Crippen LogP contribution is -2.34. The van der Waals surface area contributed by atoms with Gasteiger partial charge in [-0.15, -0.1) is 0 Å². The Bertz CT molecular complexity index is 4270. The first-order valence-corrected chi connectivity index (χ1v) is 34.7. The van der Waals surface area contributed by atoms with Gasteiger partial charge in [0.25, 0.3) is 40.5 Å². The molecule has 0 saturated carbocycles. The van der Waals surface area contributed by atoms with E-state index in [1.54, 1.807) is 133 Å². The first-order chi connectivity index (χ1) is 40.9. The van der Waals surface area contributed by atoms with E-state index in [4.69, 9.17) is 4.55 Å². The molecule has 0 bridgehead atoms. The van der Waals surface area contributed by atoms with E-state index in [0.29, 0.717) is 35.9 Å². The van der Waals surface area contributed by atoms with Crippen LogP contribution in [0.25, 0.3) is 11.4 Å². The lowest BCUT2D eigenvalue weighted by atomic mass is 10.0. The highest BCUT2D eigenvalue weighted by molar-refractivity contribution is 7.87. The molecule has 0 aliphatic rings. The second-order valence-electron chi connectivity index (χ2n) is 22.6. The summed E-state index contributed by atoms with van der Waals surface area (Å²) < 4.78 is 183. The number of carbonyl (C=O) groups excluding carboxylic acids is 1. The molecule has 0 spiro atoms. The zero-order chi connectivity index (χ0) is 67.5. The van der Waals surface area contributed by atoms with Crippen molar-refractivity contribution < 1.29 is 96.7 Å². The number of aryl methyl sites for hydroxylation is 4. The number of carbonyl (C=O) groups is 1. The molecule has 0 aliphatic carbocycles. The normalized spacial score (nSPS) is 11.2. The van der Waals surface area contributed by atoms with Gasteiger partial charge in [-0.2, -0.15) is 46.7 Å². The van der Waals surface area contributed by atoms with E-state index in [-0.39, 0.29) is 119 Å². The molecule has 5 aromatic heterocycles. The van der Waals surface area contributed by atoms with Crippen molar-refractivity contribution in [2.45, 2.75) is 213 Å². The fourth-order valence-corrected chi connectivity index (χ4v) is 12.1. The van der Waals surface area contributed by atoms with Crippen molar-refractivity contribution in [1.82, 2.24) is 22.8 Å². The molecular formula is C67H123N10O17S5+5. The molecule has 0 radical (unpaired) electrons. The lowest BCUT2D eigenvalue weighted by molar-refractivity contribution is -0.683. The van der Waals surface area contributed by atoms with Crippen molar-refractivity contribution in [2.75, 3.05) is 0 Å². The molecule has 27 nitrogen and oxygen atoms in total. The molecule has 5 heterocycles. The molecule has 0 saturated heterocycles. The van der Waals surface area contributed by atoms with Crippen molar-refractivity contribution in [1.29, 1.82) is 0 Å². The number of hydrogen-bond donors (Lipinski definition) is 5. The number of aromatic nitrogens is 10. The predicted molar refractivity (Wildman–Crippen MR) is 392 cm³/mol. The summed E-state index contributed by atoms with van der Waals surface area (Å²) in [6.45, 7) is 21.6. The largest absolute Gasteiger partial charge is 0.401 e. The molecule has 8 aromatic rings. The van der Waals surface area contributed by atoms with Crippen molar-refractivity contribution in [3.05, 3.63) is 164 Å². The minimum absolute atomic E-state index is 0. The quantitative estimate of drug-likeness (QED) is 0.0393. The van der Waals surface area contributed by atoms with Crippen molar-refractivity contribution in [3.63, 3.8) is 0 Å². The van der Waals surface area contributed by atoms with Gasteiger partial charge in [-0.3, -0.25) is 27.6 Å². The fourth-order valence-electron chi connectivity index (χ4n) is 8.48. The van der Waals surface area contributed by atoms with Crippen LogP contribution in [0.1, 0.15) is 203 Å². The van der Waals surface area contributed by atoms with Crippen LogP contribution < -0.4 is 22.8 Å². The highest BCUT2D eigenvalue weighted by Crippen LogP contribution is 2.32. The fraction of sp³-hybridized carbons (Fsp3) is 0.493. The van der Waals surface area contributed by atoms with E-state index in [0.717, 1.165) is 11.1 Å². The van der Waals surface area contributed by atoms with Crippen LogP contribution in [-0.4, -0.2) is 93.5 Å². The van der Waals surface area contributed by atoms with Crippen molar-refractivity contribution >= 4 is 56.7 Å². The summed E-state index contributed by atoms with van der Waals surface area (Å²) in [7, 11) is -15.2. The summed E-state index contributed by atoms with van der Waals surface area (Å²) in [6.07, 6.45) is 25.4. The topological polar surface area (TPSA) is 342 Å². The van der Waals surface area contributed by atoms with Gasteiger partial charge in [0.2, 0.25) is 37.9 Å². The van der Waals surface area contributed by atoms with Crippen LogP contribution in [0.3, 0.4) is 0 Å². The van der Waals surface area contributed by atoms with Crippen molar-refractivity contribution in [3.8, 4) is 11.4 Å². The van der Waals surface area contributed by atoms with Crippen LogP contribution in [0.15, 0.2) is 162 Å². The molecule has 8 rings (SSSR count). The number of ketones is 1. The smallest absolute Gasteiger partial charge is 0.296 e. The molecule has 0 aliphatic heterocycles. The molecule has 3 aromatic carbocycles. The number of nitrogens with zero attached hydrogens (tertiary/aromatic N) is 10.